The van der Waals surface area contributed by atoms with Gasteiger partial charge >= 0.3 is 6.01 Å². The third-order valence-electron chi connectivity index (χ3n) is 2.48. The summed E-state index contributed by atoms with van der Waals surface area (Å²) in [6.07, 6.45) is -0.166. The third-order valence-corrected chi connectivity index (χ3v) is 2.48. The van der Waals surface area contributed by atoms with Crippen molar-refractivity contribution in [3.05, 3.63) is 29.8 Å². The Kier molecular flexibility index (Phi) is 4.62. The van der Waals surface area contributed by atoms with Crippen LogP contribution in [0.2, 0.25) is 0 Å². The van der Waals surface area contributed by atoms with Crippen molar-refractivity contribution in [3.8, 4) is 17.4 Å². The Morgan fingerprint density at radius 2 is 1.81 bits per heavy atom. The summed E-state index contributed by atoms with van der Waals surface area (Å²) in [6.45, 7) is 6.03. The number of aromatic nitrogens is 3. The molecule has 5 nitrogen and oxygen atoms in total. The van der Waals surface area contributed by atoms with Gasteiger partial charge in [0.1, 0.15) is 11.6 Å². The van der Waals surface area contributed by atoms with Gasteiger partial charge in [-0.2, -0.15) is 15.0 Å². The van der Waals surface area contributed by atoms with E-state index in [0.717, 1.165) is 12.1 Å². The van der Waals surface area contributed by atoms with Crippen LogP contribution < -0.4 is 10.1 Å². The van der Waals surface area contributed by atoms with Crippen molar-refractivity contribution in [3.63, 3.8) is 0 Å². The van der Waals surface area contributed by atoms with Crippen LogP contribution in [0, 0.1) is 11.6 Å². The maximum atomic E-state index is 13.8. The Morgan fingerprint density at radius 1 is 1.14 bits per heavy atom. The average Bonchev–Trinajstić information content (AvgIpc) is 2.37. The lowest BCUT2D eigenvalue weighted by atomic mass is 10.2. The number of nitrogens with one attached hydrogen (secondary N) is 1. The van der Waals surface area contributed by atoms with E-state index < -0.39 is 11.6 Å². The Hall–Kier alpha value is -2.31. The first kappa shape index (κ1) is 15.1. The van der Waals surface area contributed by atoms with E-state index in [4.69, 9.17) is 4.74 Å². The second-order valence-corrected chi connectivity index (χ2v) is 4.56. The number of hydrogen-bond donors (Lipinski definition) is 1. The topological polar surface area (TPSA) is 59.9 Å². The molecule has 0 amide bonds. The fourth-order valence-electron chi connectivity index (χ4n) is 1.68. The molecule has 7 heteroatoms. The average molecular weight is 294 g/mol. The van der Waals surface area contributed by atoms with Crippen LogP contribution in [-0.4, -0.2) is 27.6 Å². The molecule has 1 heterocycles. The molecule has 0 saturated heterocycles. The summed E-state index contributed by atoms with van der Waals surface area (Å²) in [5, 5.41) is 2.88. The van der Waals surface area contributed by atoms with Gasteiger partial charge in [-0.3, -0.25) is 0 Å². The minimum Gasteiger partial charge on any atom is -0.461 e. The van der Waals surface area contributed by atoms with Gasteiger partial charge in [0.05, 0.1) is 11.7 Å². The number of ether oxygens (including phenoxy) is 1. The van der Waals surface area contributed by atoms with E-state index >= 15 is 0 Å². The molecule has 2 aromatic rings. The summed E-state index contributed by atoms with van der Waals surface area (Å²) in [5.41, 5.74) is -0.298. The van der Waals surface area contributed by atoms with Crippen molar-refractivity contribution >= 4 is 5.95 Å². The summed E-state index contributed by atoms with van der Waals surface area (Å²) in [6, 6.07) is 3.61. The van der Waals surface area contributed by atoms with Crippen LogP contribution in [-0.2, 0) is 0 Å². The van der Waals surface area contributed by atoms with Crippen molar-refractivity contribution in [2.45, 2.75) is 26.9 Å². The number of hydrogen-bond acceptors (Lipinski definition) is 5. The fourth-order valence-corrected chi connectivity index (χ4v) is 1.68. The molecule has 21 heavy (non-hydrogen) atoms. The molecular weight excluding hydrogens is 278 g/mol. The molecule has 0 aliphatic heterocycles. The van der Waals surface area contributed by atoms with E-state index in [9.17, 15) is 8.78 Å². The van der Waals surface area contributed by atoms with Gasteiger partial charge in [0, 0.05) is 6.54 Å². The second kappa shape index (κ2) is 6.43. The van der Waals surface area contributed by atoms with Crippen LogP contribution in [0.1, 0.15) is 20.8 Å². The molecule has 0 atom stereocenters. The minimum atomic E-state index is -0.737. The monoisotopic (exact) mass is 294 g/mol. The lowest BCUT2D eigenvalue weighted by molar-refractivity contribution is 0.222. The molecule has 0 aliphatic rings. The number of anilines is 1. The number of halogens is 2. The van der Waals surface area contributed by atoms with Gasteiger partial charge in [-0.1, -0.05) is 6.07 Å². The van der Waals surface area contributed by atoms with Crippen molar-refractivity contribution in [2.24, 2.45) is 0 Å². The standard InChI is InChI=1S/C14H16F2N4O/c1-4-17-13-18-12(19-14(20-13)21-8(2)3)11-9(15)6-5-7-10(11)16/h5-8H,4H2,1-3H3,(H,17,18,19,20). The highest BCUT2D eigenvalue weighted by molar-refractivity contribution is 5.58. The van der Waals surface area contributed by atoms with Crippen LogP contribution in [0.25, 0.3) is 11.4 Å². The lowest BCUT2D eigenvalue weighted by Gasteiger charge is -2.11. The predicted octanol–water partition coefficient (Wildman–Crippen LogP) is 3.04. The summed E-state index contributed by atoms with van der Waals surface area (Å²) in [5.74, 6) is -1.37. The van der Waals surface area contributed by atoms with Crippen LogP contribution in [0.15, 0.2) is 18.2 Å². The normalized spacial score (nSPS) is 10.8. The van der Waals surface area contributed by atoms with E-state index in [0.29, 0.717) is 6.54 Å². The highest BCUT2D eigenvalue weighted by atomic mass is 19.1. The maximum Gasteiger partial charge on any atom is 0.322 e. The van der Waals surface area contributed by atoms with Crippen molar-refractivity contribution < 1.29 is 13.5 Å². The third kappa shape index (κ3) is 3.62. The van der Waals surface area contributed by atoms with E-state index in [1.54, 1.807) is 13.8 Å². The Bertz CT molecular complexity index is 614. The van der Waals surface area contributed by atoms with E-state index in [-0.39, 0.29) is 29.5 Å². The minimum absolute atomic E-state index is 0.0219. The number of nitrogens with zero attached hydrogens (tertiary/aromatic N) is 3. The number of rotatable bonds is 5. The van der Waals surface area contributed by atoms with Crippen LogP contribution in [0.3, 0.4) is 0 Å². The Balaban J connectivity index is 2.54. The number of benzene rings is 1. The smallest absolute Gasteiger partial charge is 0.322 e. The molecule has 0 spiro atoms. The van der Waals surface area contributed by atoms with E-state index in [2.05, 4.69) is 20.3 Å². The maximum absolute atomic E-state index is 13.8. The van der Waals surface area contributed by atoms with Crippen LogP contribution in [0.5, 0.6) is 6.01 Å². The van der Waals surface area contributed by atoms with Gasteiger partial charge in [0.2, 0.25) is 5.95 Å². The van der Waals surface area contributed by atoms with Crippen molar-refractivity contribution in [1.82, 2.24) is 15.0 Å². The largest absolute Gasteiger partial charge is 0.461 e. The summed E-state index contributed by atoms with van der Waals surface area (Å²) in [4.78, 5) is 12.1. The Labute approximate surface area is 121 Å². The molecule has 1 aromatic heterocycles. The van der Waals surface area contributed by atoms with E-state index in [1.807, 2.05) is 6.92 Å². The zero-order chi connectivity index (χ0) is 15.4. The molecule has 0 unspecified atom stereocenters. The zero-order valence-electron chi connectivity index (χ0n) is 12.0. The SMILES string of the molecule is CCNc1nc(OC(C)C)nc(-c2c(F)cccc2F)n1. The van der Waals surface area contributed by atoms with Crippen LogP contribution in [0.4, 0.5) is 14.7 Å². The summed E-state index contributed by atoms with van der Waals surface area (Å²) < 4.78 is 33.1. The molecular formula is C14H16F2N4O. The molecule has 112 valence electrons. The summed E-state index contributed by atoms with van der Waals surface area (Å²) >= 11 is 0. The van der Waals surface area contributed by atoms with E-state index in [1.165, 1.54) is 6.07 Å². The molecule has 1 aromatic carbocycles. The highest BCUT2D eigenvalue weighted by Crippen LogP contribution is 2.25. The first-order chi connectivity index (χ1) is 10.0. The molecule has 0 bridgehead atoms. The van der Waals surface area contributed by atoms with Crippen molar-refractivity contribution in [2.75, 3.05) is 11.9 Å². The van der Waals surface area contributed by atoms with Gasteiger partial charge in [-0.05, 0) is 32.9 Å². The predicted molar refractivity (Wildman–Crippen MR) is 75.1 cm³/mol. The molecule has 0 fully saturated rings. The molecule has 2 rings (SSSR count). The van der Waals surface area contributed by atoms with Gasteiger partial charge < -0.3 is 10.1 Å². The summed E-state index contributed by atoms with van der Waals surface area (Å²) in [7, 11) is 0. The quantitative estimate of drug-likeness (QED) is 0.918. The fraction of sp³-hybridized carbons (Fsp3) is 0.357. The van der Waals surface area contributed by atoms with Gasteiger partial charge in [-0.15, -0.1) is 0 Å². The first-order valence-electron chi connectivity index (χ1n) is 6.62. The van der Waals surface area contributed by atoms with Crippen molar-refractivity contribution in [1.29, 1.82) is 0 Å². The lowest BCUT2D eigenvalue weighted by Crippen LogP contribution is -2.12. The van der Waals surface area contributed by atoms with Gasteiger partial charge in [0.25, 0.3) is 0 Å². The van der Waals surface area contributed by atoms with Gasteiger partial charge in [0.15, 0.2) is 5.82 Å². The second-order valence-electron chi connectivity index (χ2n) is 4.56. The molecule has 1 N–H and O–H groups in total. The first-order valence-corrected chi connectivity index (χ1v) is 6.62. The Morgan fingerprint density at radius 3 is 2.38 bits per heavy atom. The molecule has 0 saturated carbocycles. The van der Waals surface area contributed by atoms with Crippen LogP contribution >= 0.6 is 0 Å². The highest BCUT2D eigenvalue weighted by Gasteiger charge is 2.17. The zero-order valence-corrected chi connectivity index (χ0v) is 12.0. The van der Waals surface area contributed by atoms with Gasteiger partial charge in [-0.25, -0.2) is 8.78 Å². The molecule has 0 aliphatic carbocycles. The molecule has 0 radical (unpaired) electrons.